The number of rotatable bonds is 8. The Morgan fingerprint density at radius 1 is 1.13 bits per heavy atom. The smallest absolute Gasteiger partial charge is 0.255 e. The third-order valence-electron chi connectivity index (χ3n) is 7.85. The van der Waals surface area contributed by atoms with Crippen molar-refractivity contribution in [1.82, 2.24) is 5.32 Å². The van der Waals surface area contributed by atoms with Crippen LogP contribution in [0.5, 0.6) is 0 Å². The number of amides is 2. The number of nitrogens with one attached hydrogen (secondary N) is 2. The number of halogens is 2. The van der Waals surface area contributed by atoms with Crippen molar-refractivity contribution in [2.75, 3.05) is 11.9 Å². The number of aryl methyl sites for hydroxylation is 1. The maximum absolute atomic E-state index is 13.8. The molecule has 0 aromatic heterocycles. The molecule has 2 unspecified atom stereocenters. The molecule has 212 valence electrons. The van der Waals surface area contributed by atoms with Gasteiger partial charge in [-0.1, -0.05) is 11.6 Å². The van der Waals surface area contributed by atoms with Crippen LogP contribution in [0.25, 0.3) is 0 Å². The van der Waals surface area contributed by atoms with Crippen LogP contribution < -0.4 is 10.6 Å². The van der Waals surface area contributed by atoms with Gasteiger partial charge in [-0.3, -0.25) is 9.59 Å². The molecule has 0 radical (unpaired) electrons. The van der Waals surface area contributed by atoms with E-state index in [4.69, 9.17) is 11.6 Å². The van der Waals surface area contributed by atoms with E-state index in [0.29, 0.717) is 24.1 Å². The molecule has 5 N–H and O–H groups in total. The average molecular weight is 583 g/mol. The molecule has 0 spiro atoms. The van der Waals surface area contributed by atoms with Crippen molar-refractivity contribution in [3.8, 4) is 0 Å². The second-order valence-electron chi connectivity index (χ2n) is 10.7. The third kappa shape index (κ3) is 5.69. The summed E-state index contributed by atoms with van der Waals surface area (Å²) < 4.78 is 41.1. The van der Waals surface area contributed by atoms with Crippen molar-refractivity contribution < 1.29 is 37.7 Å². The lowest BCUT2D eigenvalue weighted by Crippen LogP contribution is -2.56. The molecular formula is C27H32ClFN2O7S. The fraction of sp³-hybridized carbons (Fsp3) is 0.481. The summed E-state index contributed by atoms with van der Waals surface area (Å²) in [7, 11) is -4.51. The van der Waals surface area contributed by atoms with Gasteiger partial charge in [-0.2, -0.15) is 0 Å². The Bertz CT molecular complexity index is 1380. The summed E-state index contributed by atoms with van der Waals surface area (Å²) in [6.07, 6.45) is -0.804. The lowest BCUT2D eigenvalue weighted by atomic mass is 9.71. The summed E-state index contributed by atoms with van der Waals surface area (Å²) in [6.45, 7) is 3.07. The van der Waals surface area contributed by atoms with Gasteiger partial charge in [-0.05, 0) is 93.3 Å². The zero-order chi connectivity index (χ0) is 28.8. The fourth-order valence-electron chi connectivity index (χ4n) is 5.72. The van der Waals surface area contributed by atoms with Crippen LogP contribution in [0.4, 0.5) is 10.1 Å². The highest BCUT2D eigenvalue weighted by atomic mass is 35.5. The van der Waals surface area contributed by atoms with Crippen molar-refractivity contribution in [2.24, 2.45) is 11.8 Å². The number of carbonyl (C=O) groups excluding carboxylic acids is 2. The largest absolute Gasteiger partial charge is 0.392 e. The molecule has 0 saturated heterocycles. The van der Waals surface area contributed by atoms with Crippen molar-refractivity contribution in [3.63, 3.8) is 0 Å². The Kier molecular flexibility index (Phi) is 8.13. The Labute approximate surface area is 231 Å². The van der Waals surface area contributed by atoms with E-state index in [1.165, 1.54) is 37.3 Å². The highest BCUT2D eigenvalue weighted by Crippen LogP contribution is 2.56. The molecule has 12 heteroatoms. The van der Waals surface area contributed by atoms with Crippen molar-refractivity contribution >= 4 is 38.9 Å². The van der Waals surface area contributed by atoms with Gasteiger partial charge in [-0.25, -0.2) is 12.8 Å². The summed E-state index contributed by atoms with van der Waals surface area (Å²) in [6, 6.07) is 7.70. The van der Waals surface area contributed by atoms with E-state index < -0.39 is 60.8 Å². The van der Waals surface area contributed by atoms with Gasteiger partial charge in [0, 0.05) is 17.8 Å². The van der Waals surface area contributed by atoms with Crippen LogP contribution in [0.1, 0.15) is 54.9 Å². The lowest BCUT2D eigenvalue weighted by Gasteiger charge is -2.46. The molecule has 39 heavy (non-hydrogen) atoms. The van der Waals surface area contributed by atoms with Crippen molar-refractivity contribution in [3.05, 3.63) is 58.4 Å². The number of sulfone groups is 1. The van der Waals surface area contributed by atoms with Crippen LogP contribution in [0.3, 0.4) is 0 Å². The number of fused-ring (bicyclic) bond motifs is 2. The van der Waals surface area contributed by atoms with Crippen LogP contribution in [-0.4, -0.2) is 58.7 Å². The first-order chi connectivity index (χ1) is 18.2. The van der Waals surface area contributed by atoms with Crippen LogP contribution in [0, 0.1) is 24.6 Å². The zero-order valence-electron chi connectivity index (χ0n) is 21.6. The van der Waals surface area contributed by atoms with Crippen LogP contribution in [0.15, 0.2) is 41.3 Å². The number of aliphatic hydroxyl groups is 3. The first-order valence-electron chi connectivity index (χ1n) is 12.7. The van der Waals surface area contributed by atoms with E-state index in [9.17, 15) is 37.7 Å². The molecule has 2 aliphatic carbocycles. The maximum Gasteiger partial charge on any atom is 0.255 e. The Balaban J connectivity index is 1.56. The molecule has 9 nitrogen and oxygen atoms in total. The monoisotopic (exact) mass is 582 g/mol. The first-order valence-corrected chi connectivity index (χ1v) is 14.5. The molecule has 2 bridgehead atoms. The molecule has 2 fully saturated rings. The highest BCUT2D eigenvalue weighted by molar-refractivity contribution is 7.92. The van der Waals surface area contributed by atoms with Crippen molar-refractivity contribution in [2.45, 2.75) is 67.5 Å². The SMILES string of the molecule is Cc1cc(NC(=O)c2ccc(Cl)c(S(=O)(=O)[C@]3(O)CC4CCC(C3)[C@@]4(O)CC(=O)NC[C@H](C)O)c2)ccc1F. The number of aliphatic hydroxyl groups excluding tert-OH is 1. The van der Waals surface area contributed by atoms with E-state index in [2.05, 4.69) is 10.6 Å². The van der Waals surface area contributed by atoms with Gasteiger partial charge in [0.15, 0.2) is 4.93 Å². The van der Waals surface area contributed by atoms with Gasteiger partial charge in [0.25, 0.3) is 5.91 Å². The van der Waals surface area contributed by atoms with Crippen LogP contribution >= 0.6 is 11.6 Å². The van der Waals surface area contributed by atoms with Crippen LogP contribution in [0.2, 0.25) is 5.02 Å². The number of carbonyl (C=O) groups is 2. The van der Waals surface area contributed by atoms with Gasteiger partial charge in [0.1, 0.15) is 5.82 Å². The molecule has 2 aromatic rings. The maximum atomic E-state index is 13.8. The van der Waals surface area contributed by atoms with E-state index in [1.807, 2.05) is 0 Å². The summed E-state index contributed by atoms with van der Waals surface area (Å²) in [5.74, 6) is -2.89. The first kappa shape index (κ1) is 29.4. The molecule has 4 rings (SSSR count). The number of benzene rings is 2. The average Bonchev–Trinajstić information content (AvgIpc) is 3.01. The summed E-state index contributed by atoms with van der Waals surface area (Å²) in [5.41, 5.74) is -0.892. The second kappa shape index (κ2) is 10.8. The van der Waals surface area contributed by atoms with Crippen LogP contribution in [-0.2, 0) is 14.6 Å². The molecule has 0 aliphatic heterocycles. The molecule has 2 aliphatic rings. The minimum absolute atomic E-state index is 0.0196. The normalized spacial score (nSPS) is 27.2. The van der Waals surface area contributed by atoms with Crippen molar-refractivity contribution in [1.29, 1.82) is 0 Å². The summed E-state index contributed by atoms with van der Waals surface area (Å²) >= 11 is 6.25. The Morgan fingerprint density at radius 2 is 1.77 bits per heavy atom. The minimum atomic E-state index is -4.51. The highest BCUT2D eigenvalue weighted by Gasteiger charge is 2.62. The second-order valence-corrected chi connectivity index (χ2v) is 13.3. The van der Waals surface area contributed by atoms with Gasteiger partial charge in [0.05, 0.1) is 28.0 Å². The molecule has 2 aromatic carbocycles. The topological polar surface area (TPSA) is 153 Å². The Morgan fingerprint density at radius 3 is 2.36 bits per heavy atom. The number of hydrogen-bond donors (Lipinski definition) is 5. The number of hydrogen-bond acceptors (Lipinski definition) is 7. The zero-order valence-corrected chi connectivity index (χ0v) is 23.2. The predicted molar refractivity (Wildman–Crippen MR) is 142 cm³/mol. The molecular weight excluding hydrogens is 551 g/mol. The molecule has 2 amide bonds. The molecule has 3 atom stereocenters. The van der Waals surface area contributed by atoms with E-state index in [0.717, 1.165) is 6.07 Å². The van der Waals surface area contributed by atoms with E-state index in [-0.39, 0.29) is 36.4 Å². The minimum Gasteiger partial charge on any atom is -0.392 e. The van der Waals surface area contributed by atoms with E-state index in [1.54, 1.807) is 6.92 Å². The Hall–Kier alpha value is -2.57. The van der Waals surface area contributed by atoms with Gasteiger partial charge in [-0.15, -0.1) is 0 Å². The predicted octanol–water partition coefficient (Wildman–Crippen LogP) is 2.94. The van der Waals surface area contributed by atoms with Gasteiger partial charge < -0.3 is 26.0 Å². The third-order valence-corrected chi connectivity index (χ3v) is 10.5. The van der Waals surface area contributed by atoms with E-state index >= 15 is 0 Å². The van der Waals surface area contributed by atoms with Gasteiger partial charge in [0.2, 0.25) is 15.7 Å². The molecule has 2 saturated carbocycles. The van der Waals surface area contributed by atoms with Gasteiger partial charge >= 0.3 is 0 Å². The lowest BCUT2D eigenvalue weighted by molar-refractivity contribution is -0.140. The molecule has 0 heterocycles. The fourth-order valence-corrected chi connectivity index (χ4v) is 8.00. The summed E-state index contributed by atoms with van der Waals surface area (Å²) in [4.78, 5) is 22.6. The quantitative estimate of drug-likeness (QED) is 0.321. The summed E-state index contributed by atoms with van der Waals surface area (Å²) in [5, 5.41) is 37.2. The standard InChI is InChI=1S/C27H32ClFN2O7S/c1-15-9-20(6-8-22(15)29)31-25(34)17-3-7-21(28)23(10-17)39(37,38)26(35)11-18-4-5-19(12-26)27(18,36)13-24(33)30-14-16(2)32/h3,6-10,16,18-19,32,35-36H,4-5,11-14H2,1-2H3,(H,30,33)(H,31,34)/t16-,18?,19?,26-,27-/m0/s1. The number of anilines is 1.